The Morgan fingerprint density at radius 2 is 1.95 bits per heavy atom. The minimum Gasteiger partial charge on any atom is -0.361 e. The van der Waals surface area contributed by atoms with Crippen molar-refractivity contribution in [1.82, 2.24) is 15.0 Å². The molecule has 0 bridgehead atoms. The molecule has 0 atom stereocenters. The first kappa shape index (κ1) is 13.1. The lowest BCUT2D eigenvalue weighted by Crippen LogP contribution is -2.12. The molecular weight excluding hydrogens is 260 g/mol. The minimum absolute atomic E-state index is 0.783. The molecule has 3 aromatic rings. The third kappa shape index (κ3) is 2.41. The lowest BCUT2D eigenvalue weighted by Gasteiger charge is -2.13. The maximum Gasteiger partial charge on any atom is 0.158 e. The summed E-state index contributed by atoms with van der Waals surface area (Å²) < 4.78 is 0. The van der Waals surface area contributed by atoms with Crippen molar-refractivity contribution in [1.29, 1.82) is 0 Å². The fraction of sp³-hybridized carbons (Fsp3) is 0.118. The molecule has 1 aromatic carbocycles. The lowest BCUT2D eigenvalue weighted by atomic mass is 10.1. The smallest absolute Gasteiger partial charge is 0.158 e. The summed E-state index contributed by atoms with van der Waals surface area (Å²) in [6.45, 7) is 0. The molecule has 0 aliphatic heterocycles. The van der Waals surface area contributed by atoms with Crippen LogP contribution < -0.4 is 4.90 Å². The van der Waals surface area contributed by atoms with Crippen molar-refractivity contribution in [2.75, 3.05) is 19.0 Å². The van der Waals surface area contributed by atoms with Gasteiger partial charge < -0.3 is 4.90 Å². The summed E-state index contributed by atoms with van der Waals surface area (Å²) in [6, 6.07) is 11.7. The highest BCUT2D eigenvalue weighted by Crippen LogP contribution is 2.24. The van der Waals surface area contributed by atoms with Gasteiger partial charge in [-0.3, -0.25) is 0 Å². The van der Waals surface area contributed by atoms with Crippen LogP contribution in [0.4, 0.5) is 5.82 Å². The molecule has 2 aromatic heterocycles. The Balaban J connectivity index is 2.20. The van der Waals surface area contributed by atoms with Gasteiger partial charge in [0, 0.05) is 25.2 Å². The zero-order valence-corrected chi connectivity index (χ0v) is 11.9. The Kier molecular flexibility index (Phi) is 3.25. The third-order valence-corrected chi connectivity index (χ3v) is 3.21. The van der Waals surface area contributed by atoms with Gasteiger partial charge in [-0.1, -0.05) is 18.1 Å². The molecule has 2 heterocycles. The van der Waals surface area contributed by atoms with E-state index < -0.39 is 0 Å². The van der Waals surface area contributed by atoms with Gasteiger partial charge in [-0.05, 0) is 24.3 Å². The minimum atomic E-state index is 0.783. The largest absolute Gasteiger partial charge is 0.361 e. The van der Waals surface area contributed by atoms with Crippen LogP contribution in [-0.4, -0.2) is 29.0 Å². The average Bonchev–Trinajstić information content (AvgIpc) is 2.53. The number of terminal acetylenes is 1. The summed E-state index contributed by atoms with van der Waals surface area (Å²) in [7, 11) is 3.88. The summed E-state index contributed by atoms with van der Waals surface area (Å²) in [4.78, 5) is 15.2. The van der Waals surface area contributed by atoms with Gasteiger partial charge in [0.2, 0.25) is 0 Å². The summed E-state index contributed by atoms with van der Waals surface area (Å²) in [6.07, 6.45) is 7.01. The average molecular weight is 274 g/mol. The highest BCUT2D eigenvalue weighted by Gasteiger charge is 2.09. The number of benzene rings is 1. The van der Waals surface area contributed by atoms with Crippen LogP contribution in [0, 0.1) is 12.3 Å². The summed E-state index contributed by atoms with van der Waals surface area (Å²) in [5, 5.41) is 0. The number of hydrogen-bond acceptors (Lipinski definition) is 4. The summed E-state index contributed by atoms with van der Waals surface area (Å²) >= 11 is 0. The van der Waals surface area contributed by atoms with E-state index in [0.717, 1.165) is 33.7 Å². The fourth-order valence-electron chi connectivity index (χ4n) is 2.18. The fourth-order valence-corrected chi connectivity index (χ4v) is 2.18. The third-order valence-electron chi connectivity index (χ3n) is 3.21. The van der Waals surface area contributed by atoms with E-state index in [1.165, 1.54) is 0 Å². The van der Waals surface area contributed by atoms with Gasteiger partial charge in [0.05, 0.1) is 11.2 Å². The van der Waals surface area contributed by atoms with Gasteiger partial charge in [0.1, 0.15) is 11.8 Å². The van der Waals surface area contributed by atoms with Crippen molar-refractivity contribution in [3.63, 3.8) is 0 Å². The second kappa shape index (κ2) is 5.22. The van der Waals surface area contributed by atoms with Crippen LogP contribution in [0.3, 0.4) is 0 Å². The molecule has 3 rings (SSSR count). The Labute approximate surface area is 123 Å². The van der Waals surface area contributed by atoms with Gasteiger partial charge in [-0.2, -0.15) is 0 Å². The first-order valence-electron chi connectivity index (χ1n) is 6.55. The van der Waals surface area contributed by atoms with Gasteiger partial charge in [0.25, 0.3) is 0 Å². The first-order valence-corrected chi connectivity index (χ1v) is 6.55. The van der Waals surface area contributed by atoms with E-state index in [2.05, 4.69) is 15.9 Å². The van der Waals surface area contributed by atoms with Gasteiger partial charge in [-0.25, -0.2) is 15.0 Å². The summed E-state index contributed by atoms with van der Waals surface area (Å²) in [5.41, 5.74) is 4.29. The number of rotatable bonds is 2. The van der Waals surface area contributed by atoms with Crippen molar-refractivity contribution < 1.29 is 0 Å². The van der Waals surface area contributed by atoms with Crippen molar-refractivity contribution >= 4 is 16.9 Å². The topological polar surface area (TPSA) is 41.9 Å². The quantitative estimate of drug-likeness (QED) is 0.674. The molecule has 0 aliphatic rings. The van der Waals surface area contributed by atoms with E-state index in [1.54, 1.807) is 6.33 Å². The predicted molar refractivity (Wildman–Crippen MR) is 85.0 cm³/mol. The van der Waals surface area contributed by atoms with Crippen molar-refractivity contribution in [3.05, 3.63) is 48.3 Å². The number of pyridine rings is 1. The molecule has 0 amide bonds. The van der Waals surface area contributed by atoms with E-state index in [0.29, 0.717) is 0 Å². The number of hydrogen-bond donors (Lipinski definition) is 0. The van der Waals surface area contributed by atoms with Gasteiger partial charge >= 0.3 is 0 Å². The van der Waals surface area contributed by atoms with Gasteiger partial charge in [-0.15, -0.1) is 6.42 Å². The molecule has 21 heavy (non-hydrogen) atoms. The van der Waals surface area contributed by atoms with Crippen LogP contribution in [0.2, 0.25) is 0 Å². The number of anilines is 1. The Bertz CT molecular complexity index is 847. The predicted octanol–water partition coefficient (Wildman–Crippen LogP) is 2.74. The van der Waals surface area contributed by atoms with E-state index in [-0.39, 0.29) is 0 Å². The van der Waals surface area contributed by atoms with Crippen LogP contribution in [-0.2, 0) is 0 Å². The molecule has 4 nitrogen and oxygen atoms in total. The molecule has 0 saturated heterocycles. The zero-order valence-electron chi connectivity index (χ0n) is 11.9. The SMILES string of the molecule is C#Cc1cccc(-c2ccc3ncnc(N(C)C)c3n2)c1. The number of nitrogens with zero attached hydrogens (tertiary/aromatic N) is 4. The van der Waals surface area contributed by atoms with Gasteiger partial charge in [0.15, 0.2) is 5.82 Å². The maximum atomic E-state index is 5.45. The van der Waals surface area contributed by atoms with E-state index in [4.69, 9.17) is 11.4 Å². The van der Waals surface area contributed by atoms with Crippen LogP contribution in [0.5, 0.6) is 0 Å². The number of fused-ring (bicyclic) bond motifs is 1. The number of aromatic nitrogens is 3. The van der Waals surface area contributed by atoms with Crippen molar-refractivity contribution in [2.24, 2.45) is 0 Å². The van der Waals surface area contributed by atoms with Crippen molar-refractivity contribution in [3.8, 4) is 23.6 Å². The molecule has 0 spiro atoms. The highest BCUT2D eigenvalue weighted by molar-refractivity contribution is 5.87. The molecule has 0 aliphatic carbocycles. The molecular formula is C17H14N4. The Morgan fingerprint density at radius 1 is 1.10 bits per heavy atom. The monoisotopic (exact) mass is 274 g/mol. The Morgan fingerprint density at radius 3 is 2.71 bits per heavy atom. The van der Waals surface area contributed by atoms with Crippen LogP contribution in [0.15, 0.2) is 42.7 Å². The molecule has 4 heteroatoms. The molecule has 0 unspecified atom stereocenters. The normalized spacial score (nSPS) is 10.3. The van der Waals surface area contributed by atoms with E-state index >= 15 is 0 Å². The highest BCUT2D eigenvalue weighted by atomic mass is 15.2. The van der Waals surface area contributed by atoms with Crippen LogP contribution in [0.1, 0.15) is 5.56 Å². The second-order valence-electron chi connectivity index (χ2n) is 4.88. The molecule has 0 fully saturated rings. The van der Waals surface area contributed by atoms with E-state index in [9.17, 15) is 0 Å². The zero-order chi connectivity index (χ0) is 14.8. The lowest BCUT2D eigenvalue weighted by molar-refractivity contribution is 1.05. The van der Waals surface area contributed by atoms with Crippen LogP contribution >= 0.6 is 0 Å². The van der Waals surface area contributed by atoms with Crippen molar-refractivity contribution in [2.45, 2.75) is 0 Å². The maximum absolute atomic E-state index is 5.45. The van der Waals surface area contributed by atoms with Crippen LogP contribution in [0.25, 0.3) is 22.3 Å². The molecule has 0 saturated carbocycles. The van der Waals surface area contributed by atoms with E-state index in [1.807, 2.05) is 55.4 Å². The second-order valence-corrected chi connectivity index (χ2v) is 4.88. The first-order chi connectivity index (χ1) is 10.2. The standard InChI is InChI=1S/C17H14N4/c1-4-12-6-5-7-13(10-12)14-8-9-15-16(20-14)17(21(2)3)19-11-18-15/h1,5-11H,2-3H3. The molecule has 0 radical (unpaired) electrons. The molecule has 102 valence electrons. The Hall–Kier alpha value is -2.93. The summed E-state index contributed by atoms with van der Waals surface area (Å²) in [5.74, 6) is 3.44. The molecule has 0 N–H and O–H groups in total.